The van der Waals surface area contributed by atoms with Gasteiger partial charge in [0.2, 0.25) is 0 Å². The summed E-state index contributed by atoms with van der Waals surface area (Å²) >= 11 is 0. The van der Waals surface area contributed by atoms with Crippen LogP contribution in [0.25, 0.3) is 5.76 Å². The molecule has 0 saturated carbocycles. The molecular weight excluding hydrogens is 272 g/mol. The first-order chi connectivity index (χ1) is 10.4. The Kier molecular flexibility index (Phi) is 7.11. The van der Waals surface area contributed by atoms with Crippen molar-refractivity contribution in [3.63, 3.8) is 0 Å². The monoisotopic (exact) mass is 296 g/mol. The van der Waals surface area contributed by atoms with Gasteiger partial charge in [-0.2, -0.15) is 0 Å². The van der Waals surface area contributed by atoms with E-state index in [1.54, 1.807) is 6.92 Å². The Morgan fingerprint density at radius 3 is 1.91 bits per heavy atom. The van der Waals surface area contributed by atoms with E-state index in [1.807, 2.05) is 50.2 Å². The summed E-state index contributed by atoms with van der Waals surface area (Å²) in [5, 5.41) is 0. The molecule has 0 heterocycles. The maximum atomic E-state index is 10.8. The number of ether oxygens (including phenoxy) is 1. The van der Waals surface area contributed by atoms with Crippen molar-refractivity contribution in [1.82, 2.24) is 0 Å². The molecule has 2 heteroatoms. The first-order valence-corrected chi connectivity index (χ1v) is 7.40. The molecule has 0 atom stereocenters. The lowest BCUT2D eigenvalue weighted by molar-refractivity contribution is 0.101. The Morgan fingerprint density at radius 1 is 1.00 bits per heavy atom. The minimum atomic E-state index is 0.128. The summed E-state index contributed by atoms with van der Waals surface area (Å²) in [5.41, 5.74) is 4.22. The van der Waals surface area contributed by atoms with Crippen LogP contribution in [0.4, 0.5) is 0 Å². The van der Waals surface area contributed by atoms with Crippen LogP contribution in [-0.4, -0.2) is 12.4 Å². The number of aryl methyl sites for hydroxylation is 2. The summed E-state index contributed by atoms with van der Waals surface area (Å²) in [6.45, 7) is 12.1. The van der Waals surface area contributed by atoms with E-state index in [1.165, 1.54) is 5.56 Å². The van der Waals surface area contributed by atoms with E-state index in [4.69, 9.17) is 4.74 Å². The molecule has 116 valence electrons. The molecular formula is C20H24O2. The molecule has 22 heavy (non-hydrogen) atoms. The van der Waals surface area contributed by atoms with Crippen LogP contribution in [0.3, 0.4) is 0 Å². The molecule has 2 nitrogen and oxygen atoms in total. The van der Waals surface area contributed by atoms with E-state index >= 15 is 0 Å². The van der Waals surface area contributed by atoms with Gasteiger partial charge in [0.15, 0.2) is 5.78 Å². The lowest BCUT2D eigenvalue weighted by atomic mass is 10.1. The van der Waals surface area contributed by atoms with E-state index in [0.717, 1.165) is 22.4 Å². The quantitative estimate of drug-likeness (QED) is 0.572. The molecule has 2 aromatic rings. The number of hydrogen-bond acceptors (Lipinski definition) is 2. The van der Waals surface area contributed by atoms with Crippen molar-refractivity contribution in [3.8, 4) is 0 Å². The predicted molar refractivity (Wildman–Crippen MR) is 93.0 cm³/mol. The third-order valence-corrected chi connectivity index (χ3v) is 3.08. The summed E-state index contributed by atoms with van der Waals surface area (Å²) in [4.78, 5) is 10.8. The average molecular weight is 296 g/mol. The Balaban J connectivity index is 0.000000224. The van der Waals surface area contributed by atoms with Gasteiger partial charge in [0.25, 0.3) is 0 Å². The topological polar surface area (TPSA) is 26.3 Å². The molecule has 0 spiro atoms. The van der Waals surface area contributed by atoms with Gasteiger partial charge in [0.05, 0.1) is 6.61 Å². The number of rotatable bonds is 4. The molecule has 0 aliphatic rings. The molecule has 0 radical (unpaired) electrons. The minimum Gasteiger partial charge on any atom is -0.494 e. The van der Waals surface area contributed by atoms with Crippen molar-refractivity contribution in [2.45, 2.75) is 27.7 Å². The smallest absolute Gasteiger partial charge is 0.159 e. The molecule has 0 aliphatic heterocycles. The lowest BCUT2D eigenvalue weighted by Gasteiger charge is -2.06. The number of benzene rings is 2. The van der Waals surface area contributed by atoms with E-state index in [-0.39, 0.29) is 5.78 Å². The van der Waals surface area contributed by atoms with Gasteiger partial charge in [-0.15, -0.1) is 0 Å². The molecule has 0 amide bonds. The Morgan fingerprint density at radius 2 is 1.50 bits per heavy atom. The van der Waals surface area contributed by atoms with Gasteiger partial charge in [0.1, 0.15) is 5.76 Å². The number of ketones is 1. The third-order valence-electron chi connectivity index (χ3n) is 3.08. The molecule has 0 bridgehead atoms. The molecule has 0 aliphatic carbocycles. The molecule has 0 saturated heterocycles. The van der Waals surface area contributed by atoms with Crippen LogP contribution in [0, 0.1) is 13.8 Å². The molecule has 0 unspecified atom stereocenters. The zero-order chi connectivity index (χ0) is 16.5. The highest BCUT2D eigenvalue weighted by Gasteiger charge is 1.97. The van der Waals surface area contributed by atoms with Gasteiger partial charge in [-0.1, -0.05) is 54.1 Å². The normalized spacial score (nSPS) is 9.45. The van der Waals surface area contributed by atoms with Crippen LogP contribution in [0.15, 0.2) is 55.1 Å². The fraction of sp³-hybridized carbons (Fsp3) is 0.250. The van der Waals surface area contributed by atoms with Crippen molar-refractivity contribution in [2.75, 3.05) is 6.61 Å². The second-order valence-corrected chi connectivity index (χ2v) is 5.15. The highest BCUT2D eigenvalue weighted by atomic mass is 16.5. The van der Waals surface area contributed by atoms with Crippen molar-refractivity contribution in [2.24, 2.45) is 0 Å². The van der Waals surface area contributed by atoms with Crippen molar-refractivity contribution in [3.05, 3.63) is 77.4 Å². The van der Waals surface area contributed by atoms with Crippen molar-refractivity contribution >= 4 is 11.5 Å². The van der Waals surface area contributed by atoms with E-state index in [9.17, 15) is 4.79 Å². The van der Waals surface area contributed by atoms with Crippen LogP contribution in [0.1, 0.15) is 40.9 Å². The Labute approximate surface area is 133 Å². The van der Waals surface area contributed by atoms with Crippen LogP contribution < -0.4 is 0 Å². The standard InChI is InChI=1S/C11H14O.C9H10O/c1-4-12-10(3)11-7-5-6-9(2)8-11;1-7-4-3-5-9(6-7)8(2)10/h5-8H,3-4H2,1-2H3;3-6H,1-2H3. The highest BCUT2D eigenvalue weighted by molar-refractivity contribution is 5.94. The van der Waals surface area contributed by atoms with Gasteiger partial charge < -0.3 is 4.74 Å². The number of hydrogen-bond donors (Lipinski definition) is 0. The maximum Gasteiger partial charge on any atom is 0.159 e. The van der Waals surface area contributed by atoms with Crippen molar-refractivity contribution in [1.29, 1.82) is 0 Å². The van der Waals surface area contributed by atoms with Gasteiger partial charge in [0, 0.05) is 11.1 Å². The van der Waals surface area contributed by atoms with Crippen LogP contribution >= 0.6 is 0 Å². The van der Waals surface area contributed by atoms with Crippen LogP contribution in [-0.2, 0) is 4.74 Å². The maximum absolute atomic E-state index is 10.8. The largest absolute Gasteiger partial charge is 0.494 e. The average Bonchev–Trinajstić information content (AvgIpc) is 2.48. The number of carbonyl (C=O) groups is 1. The zero-order valence-electron chi connectivity index (χ0n) is 13.8. The van der Waals surface area contributed by atoms with Gasteiger partial charge in [-0.05, 0) is 39.8 Å². The summed E-state index contributed by atoms with van der Waals surface area (Å²) in [6.07, 6.45) is 0. The summed E-state index contributed by atoms with van der Waals surface area (Å²) < 4.78 is 5.29. The van der Waals surface area contributed by atoms with E-state index < -0.39 is 0 Å². The Bertz CT molecular complexity index is 642. The number of Topliss-reactive ketones (excluding diaryl/α,β-unsaturated/α-hetero) is 1. The van der Waals surface area contributed by atoms with Gasteiger partial charge in [-0.3, -0.25) is 4.79 Å². The second kappa shape index (κ2) is 8.83. The molecule has 2 aromatic carbocycles. The summed E-state index contributed by atoms with van der Waals surface area (Å²) in [5.74, 6) is 0.880. The molecule has 0 aromatic heterocycles. The van der Waals surface area contributed by atoms with Crippen LogP contribution in [0.5, 0.6) is 0 Å². The van der Waals surface area contributed by atoms with Crippen LogP contribution in [0.2, 0.25) is 0 Å². The van der Waals surface area contributed by atoms with Gasteiger partial charge >= 0.3 is 0 Å². The minimum absolute atomic E-state index is 0.128. The van der Waals surface area contributed by atoms with E-state index in [0.29, 0.717) is 6.61 Å². The lowest BCUT2D eigenvalue weighted by Crippen LogP contribution is -1.90. The summed E-state index contributed by atoms with van der Waals surface area (Å²) in [7, 11) is 0. The number of carbonyl (C=O) groups excluding carboxylic acids is 1. The zero-order valence-corrected chi connectivity index (χ0v) is 13.8. The second-order valence-electron chi connectivity index (χ2n) is 5.15. The predicted octanol–water partition coefficient (Wildman–Crippen LogP) is 5.20. The highest BCUT2D eigenvalue weighted by Crippen LogP contribution is 2.14. The SMILES string of the molecule is C=C(OCC)c1cccc(C)c1.CC(=O)c1cccc(C)c1. The van der Waals surface area contributed by atoms with Crippen molar-refractivity contribution < 1.29 is 9.53 Å². The molecule has 0 N–H and O–H groups in total. The molecule has 0 fully saturated rings. The first-order valence-electron chi connectivity index (χ1n) is 7.40. The fourth-order valence-corrected chi connectivity index (χ4v) is 1.94. The Hall–Kier alpha value is -2.35. The molecule has 2 rings (SSSR count). The first kappa shape index (κ1) is 17.7. The summed E-state index contributed by atoms with van der Waals surface area (Å²) in [6, 6.07) is 15.7. The van der Waals surface area contributed by atoms with E-state index in [2.05, 4.69) is 25.6 Å². The van der Waals surface area contributed by atoms with Gasteiger partial charge in [-0.25, -0.2) is 0 Å². The third kappa shape index (κ3) is 5.96. The fourth-order valence-electron chi connectivity index (χ4n) is 1.94.